The third-order valence-electron chi connectivity index (χ3n) is 5.11. The zero-order chi connectivity index (χ0) is 18.5. The highest BCUT2D eigenvalue weighted by molar-refractivity contribution is 5.65. The Labute approximate surface area is 159 Å². The summed E-state index contributed by atoms with van der Waals surface area (Å²) in [6.45, 7) is 3.44. The van der Waals surface area contributed by atoms with Crippen molar-refractivity contribution in [1.29, 1.82) is 0 Å². The van der Waals surface area contributed by atoms with Crippen LogP contribution in [0.25, 0.3) is 11.1 Å². The second-order valence-electron chi connectivity index (χ2n) is 7.08. The molecule has 0 bridgehead atoms. The van der Waals surface area contributed by atoms with Crippen LogP contribution >= 0.6 is 0 Å². The van der Waals surface area contributed by atoms with E-state index < -0.39 is 0 Å². The predicted molar refractivity (Wildman–Crippen MR) is 104 cm³/mol. The molecule has 0 amide bonds. The minimum Gasteiger partial charge on any atom is -0.377 e. The van der Waals surface area contributed by atoms with Gasteiger partial charge in [-0.05, 0) is 24.9 Å². The molecule has 140 valence electrons. The molecule has 1 aliphatic heterocycles. The molecule has 2 aromatic heterocycles. The van der Waals surface area contributed by atoms with Gasteiger partial charge in [0.25, 0.3) is 0 Å². The van der Waals surface area contributed by atoms with Gasteiger partial charge in [0.2, 0.25) is 0 Å². The normalized spacial score (nSPS) is 17.9. The number of hydrogen-bond donors (Lipinski definition) is 1. The van der Waals surface area contributed by atoms with E-state index in [0.29, 0.717) is 12.5 Å². The molecule has 0 radical (unpaired) electrons. The topological polar surface area (TPSA) is 66.9 Å². The third-order valence-corrected chi connectivity index (χ3v) is 5.11. The number of aromatic nitrogens is 4. The number of aromatic amines is 1. The Bertz CT molecular complexity index is 847. The first-order chi connectivity index (χ1) is 13.3. The van der Waals surface area contributed by atoms with Crippen molar-refractivity contribution in [1.82, 2.24) is 25.1 Å². The summed E-state index contributed by atoms with van der Waals surface area (Å²) in [6.07, 6.45) is 8.14. The van der Waals surface area contributed by atoms with Crippen molar-refractivity contribution in [3.8, 4) is 11.1 Å². The lowest BCUT2D eigenvalue weighted by atomic mass is 9.90. The molecule has 3 aromatic rings. The number of benzene rings is 1. The van der Waals surface area contributed by atoms with Gasteiger partial charge in [-0.25, -0.2) is 9.97 Å². The molecule has 1 atom stereocenters. The van der Waals surface area contributed by atoms with E-state index in [2.05, 4.69) is 49.3 Å². The monoisotopic (exact) mass is 363 g/mol. The molecule has 6 heteroatoms. The summed E-state index contributed by atoms with van der Waals surface area (Å²) in [5, 5.41) is 7.60. The summed E-state index contributed by atoms with van der Waals surface area (Å²) in [5.74, 6) is 1.19. The lowest BCUT2D eigenvalue weighted by Crippen LogP contribution is -2.34. The van der Waals surface area contributed by atoms with Gasteiger partial charge in [-0.3, -0.25) is 10.00 Å². The SMILES string of the molecule is COCc1ncc(CN2CCCC(c3[nH]ncc3-c3ccccc3)C2)cn1. The largest absolute Gasteiger partial charge is 0.377 e. The van der Waals surface area contributed by atoms with Crippen LogP contribution in [0.4, 0.5) is 0 Å². The molecule has 1 fully saturated rings. The number of rotatable bonds is 6. The van der Waals surface area contributed by atoms with Crippen LogP contribution in [0.15, 0.2) is 48.9 Å². The zero-order valence-electron chi connectivity index (χ0n) is 15.6. The van der Waals surface area contributed by atoms with Gasteiger partial charge in [0.1, 0.15) is 6.61 Å². The van der Waals surface area contributed by atoms with Crippen molar-refractivity contribution in [3.05, 3.63) is 66.0 Å². The number of nitrogens with zero attached hydrogens (tertiary/aromatic N) is 4. The summed E-state index contributed by atoms with van der Waals surface area (Å²) in [4.78, 5) is 11.2. The Morgan fingerprint density at radius 1 is 1.15 bits per heavy atom. The zero-order valence-corrected chi connectivity index (χ0v) is 15.6. The average molecular weight is 363 g/mol. The highest BCUT2D eigenvalue weighted by Crippen LogP contribution is 2.33. The molecule has 1 saturated heterocycles. The van der Waals surface area contributed by atoms with Crippen molar-refractivity contribution in [2.75, 3.05) is 20.2 Å². The first-order valence-electron chi connectivity index (χ1n) is 9.43. The molecule has 1 unspecified atom stereocenters. The first kappa shape index (κ1) is 17.8. The Morgan fingerprint density at radius 2 is 1.96 bits per heavy atom. The van der Waals surface area contributed by atoms with E-state index in [1.54, 1.807) is 7.11 Å². The van der Waals surface area contributed by atoms with Crippen LogP contribution in [0, 0.1) is 0 Å². The minimum atomic E-state index is 0.453. The maximum absolute atomic E-state index is 5.08. The van der Waals surface area contributed by atoms with Crippen LogP contribution in [-0.4, -0.2) is 45.3 Å². The second kappa shape index (κ2) is 8.41. The Hall–Kier alpha value is -2.57. The van der Waals surface area contributed by atoms with Crippen LogP contribution in [0.5, 0.6) is 0 Å². The van der Waals surface area contributed by atoms with E-state index in [-0.39, 0.29) is 0 Å². The minimum absolute atomic E-state index is 0.453. The number of methoxy groups -OCH3 is 1. The van der Waals surface area contributed by atoms with E-state index in [9.17, 15) is 0 Å². The number of hydrogen-bond acceptors (Lipinski definition) is 5. The lowest BCUT2D eigenvalue weighted by molar-refractivity contribution is 0.177. The maximum Gasteiger partial charge on any atom is 0.153 e. The van der Waals surface area contributed by atoms with Gasteiger partial charge in [-0.2, -0.15) is 5.10 Å². The van der Waals surface area contributed by atoms with E-state index in [4.69, 9.17) is 4.74 Å². The van der Waals surface area contributed by atoms with E-state index >= 15 is 0 Å². The fourth-order valence-electron chi connectivity index (χ4n) is 3.81. The Balaban J connectivity index is 1.45. The molecule has 4 rings (SSSR count). The van der Waals surface area contributed by atoms with E-state index in [0.717, 1.165) is 31.0 Å². The number of nitrogens with one attached hydrogen (secondary N) is 1. The van der Waals surface area contributed by atoms with Crippen LogP contribution in [-0.2, 0) is 17.9 Å². The lowest BCUT2D eigenvalue weighted by Gasteiger charge is -2.32. The van der Waals surface area contributed by atoms with Gasteiger partial charge >= 0.3 is 0 Å². The summed E-state index contributed by atoms with van der Waals surface area (Å²) >= 11 is 0. The molecular weight excluding hydrogens is 338 g/mol. The average Bonchev–Trinajstić information content (AvgIpc) is 3.21. The molecule has 1 N–H and O–H groups in total. The maximum atomic E-state index is 5.08. The smallest absolute Gasteiger partial charge is 0.153 e. The standard InChI is InChI=1S/C21H25N5O/c1-27-15-20-22-10-16(11-23-20)13-26-9-5-8-18(14-26)21-19(12-24-25-21)17-6-3-2-4-7-17/h2-4,6-7,10-12,18H,5,8-9,13-15H2,1H3,(H,24,25). The quantitative estimate of drug-likeness (QED) is 0.727. The third kappa shape index (κ3) is 4.23. The van der Waals surface area contributed by atoms with Crippen LogP contribution in [0.2, 0.25) is 0 Å². The first-order valence-corrected chi connectivity index (χ1v) is 9.43. The van der Waals surface area contributed by atoms with Crippen molar-refractivity contribution in [2.24, 2.45) is 0 Å². The number of H-pyrrole nitrogens is 1. The van der Waals surface area contributed by atoms with Crippen molar-refractivity contribution >= 4 is 0 Å². The van der Waals surface area contributed by atoms with Gasteiger partial charge in [0, 0.05) is 55.3 Å². The van der Waals surface area contributed by atoms with Gasteiger partial charge in [-0.1, -0.05) is 30.3 Å². The molecule has 1 aromatic carbocycles. The van der Waals surface area contributed by atoms with Crippen LogP contribution < -0.4 is 0 Å². The molecule has 0 saturated carbocycles. The molecule has 6 nitrogen and oxygen atoms in total. The summed E-state index contributed by atoms with van der Waals surface area (Å²) in [6, 6.07) is 10.5. The number of ether oxygens (including phenoxy) is 1. The Kier molecular flexibility index (Phi) is 5.55. The van der Waals surface area contributed by atoms with Crippen molar-refractivity contribution in [3.63, 3.8) is 0 Å². The summed E-state index contributed by atoms with van der Waals surface area (Å²) in [5.41, 5.74) is 4.83. The molecule has 27 heavy (non-hydrogen) atoms. The van der Waals surface area contributed by atoms with Crippen LogP contribution in [0.1, 0.15) is 35.8 Å². The fourth-order valence-corrected chi connectivity index (χ4v) is 3.81. The summed E-state index contributed by atoms with van der Waals surface area (Å²) < 4.78 is 5.08. The molecule has 1 aliphatic rings. The van der Waals surface area contributed by atoms with E-state index in [1.165, 1.54) is 29.7 Å². The highest BCUT2D eigenvalue weighted by atomic mass is 16.5. The van der Waals surface area contributed by atoms with Crippen LogP contribution in [0.3, 0.4) is 0 Å². The molecule has 0 spiro atoms. The van der Waals surface area contributed by atoms with Crippen molar-refractivity contribution in [2.45, 2.75) is 31.9 Å². The van der Waals surface area contributed by atoms with E-state index in [1.807, 2.05) is 24.7 Å². The van der Waals surface area contributed by atoms with Gasteiger partial charge in [0.05, 0.1) is 6.20 Å². The molecular formula is C21H25N5O. The number of piperidine rings is 1. The fraction of sp³-hybridized carbons (Fsp3) is 0.381. The molecule has 3 heterocycles. The van der Waals surface area contributed by atoms with Gasteiger partial charge in [-0.15, -0.1) is 0 Å². The molecule has 0 aliphatic carbocycles. The van der Waals surface area contributed by atoms with Gasteiger partial charge < -0.3 is 4.74 Å². The Morgan fingerprint density at radius 3 is 2.74 bits per heavy atom. The second-order valence-corrected chi connectivity index (χ2v) is 7.08. The highest BCUT2D eigenvalue weighted by Gasteiger charge is 2.25. The summed E-state index contributed by atoms with van der Waals surface area (Å²) in [7, 11) is 1.66. The van der Waals surface area contributed by atoms with Crippen molar-refractivity contribution < 1.29 is 4.74 Å². The predicted octanol–water partition coefficient (Wildman–Crippen LogP) is 3.39. The van der Waals surface area contributed by atoms with Gasteiger partial charge in [0.15, 0.2) is 5.82 Å². The number of likely N-dealkylation sites (tertiary alicyclic amines) is 1.